The summed E-state index contributed by atoms with van der Waals surface area (Å²) < 4.78 is 37.7. The fraction of sp³-hybridized carbons (Fsp3) is 0.333. The number of piperidine rings is 1. The second-order valence-electron chi connectivity index (χ2n) is 7.81. The predicted octanol–water partition coefficient (Wildman–Crippen LogP) is 3.65. The summed E-state index contributed by atoms with van der Waals surface area (Å²) in [4.78, 5) is 28.3. The Morgan fingerprint density at radius 3 is 2.24 bits per heavy atom. The average Bonchev–Trinajstić information content (AvgIpc) is 2.83. The molecule has 0 aliphatic carbocycles. The maximum absolute atomic E-state index is 12.7. The van der Waals surface area contributed by atoms with Crippen molar-refractivity contribution >= 4 is 11.9 Å². The Hall–Kier alpha value is -3.89. The lowest BCUT2D eigenvalue weighted by molar-refractivity contribution is -0.248. The number of nitriles is 2. The van der Waals surface area contributed by atoms with Crippen LogP contribution in [0.25, 0.3) is 11.1 Å². The Morgan fingerprint density at radius 1 is 1.06 bits per heavy atom. The molecule has 2 aromatic rings. The maximum Gasteiger partial charge on any atom is 0.492 e. The van der Waals surface area contributed by atoms with Gasteiger partial charge in [0.05, 0.1) is 17.7 Å². The number of nitrogens with one attached hydrogen (secondary N) is 1. The van der Waals surface area contributed by atoms with E-state index in [-0.39, 0.29) is 19.4 Å². The highest BCUT2D eigenvalue weighted by Gasteiger charge is 2.44. The second-order valence-corrected chi connectivity index (χ2v) is 7.81. The van der Waals surface area contributed by atoms with Crippen LogP contribution in [0, 0.1) is 22.7 Å². The molecule has 0 radical (unpaired) electrons. The minimum atomic E-state index is -5.17. The summed E-state index contributed by atoms with van der Waals surface area (Å²) in [5.74, 6) is -3.05. The number of benzene rings is 2. The van der Waals surface area contributed by atoms with Crippen molar-refractivity contribution in [3.8, 4) is 23.3 Å². The van der Waals surface area contributed by atoms with Crippen LogP contribution in [-0.4, -0.2) is 41.7 Å². The molecule has 176 valence electrons. The normalized spacial score (nSPS) is 17.1. The van der Waals surface area contributed by atoms with Crippen LogP contribution in [0.3, 0.4) is 0 Å². The van der Waals surface area contributed by atoms with Crippen LogP contribution >= 0.6 is 0 Å². The number of nitrogens with zero attached hydrogens (tertiary/aromatic N) is 3. The van der Waals surface area contributed by atoms with Gasteiger partial charge < -0.3 is 10.2 Å². The van der Waals surface area contributed by atoms with E-state index >= 15 is 0 Å². The van der Waals surface area contributed by atoms with Gasteiger partial charge in [-0.05, 0) is 48.1 Å². The third-order valence-corrected chi connectivity index (χ3v) is 5.40. The van der Waals surface area contributed by atoms with E-state index in [2.05, 4.69) is 16.2 Å². The average molecular weight is 470 g/mol. The standard InChI is InChI=1S/C24H21F3N4O3/c25-24(26,27)23(33)34-31-12-2-1-3-21(31)22(32)30-20(15-29)13-16-4-8-18(9-5-16)19-10-6-17(14-28)7-11-19/h4-11,20-21H,1-3,12-13H2,(H,30,32)/t20-,21-/m0/s1. The van der Waals surface area contributed by atoms with Gasteiger partial charge in [0.1, 0.15) is 12.1 Å². The van der Waals surface area contributed by atoms with Crippen molar-refractivity contribution in [2.24, 2.45) is 0 Å². The zero-order valence-corrected chi connectivity index (χ0v) is 18.0. The summed E-state index contributed by atoms with van der Waals surface area (Å²) in [5.41, 5.74) is 3.16. The van der Waals surface area contributed by atoms with E-state index in [1.807, 2.05) is 42.5 Å². The zero-order chi connectivity index (χ0) is 24.7. The highest BCUT2D eigenvalue weighted by atomic mass is 19.4. The highest BCUT2D eigenvalue weighted by molar-refractivity contribution is 5.83. The largest absolute Gasteiger partial charge is 0.492 e. The van der Waals surface area contributed by atoms with Crippen LogP contribution in [-0.2, 0) is 20.8 Å². The molecule has 2 aromatic carbocycles. The van der Waals surface area contributed by atoms with E-state index in [9.17, 15) is 28.0 Å². The molecule has 0 bridgehead atoms. The van der Waals surface area contributed by atoms with Crippen LogP contribution in [0.15, 0.2) is 48.5 Å². The van der Waals surface area contributed by atoms with Crippen molar-refractivity contribution in [3.63, 3.8) is 0 Å². The van der Waals surface area contributed by atoms with Crippen molar-refractivity contribution < 1.29 is 27.6 Å². The van der Waals surface area contributed by atoms with Crippen LogP contribution < -0.4 is 5.32 Å². The Kier molecular flexibility index (Phi) is 7.87. The van der Waals surface area contributed by atoms with Gasteiger partial charge in [0.15, 0.2) is 0 Å². The number of hydroxylamine groups is 2. The molecular weight excluding hydrogens is 449 g/mol. The van der Waals surface area contributed by atoms with Crippen molar-refractivity contribution in [2.75, 3.05) is 6.54 Å². The fourth-order valence-corrected chi connectivity index (χ4v) is 3.64. The lowest BCUT2D eigenvalue weighted by Gasteiger charge is -2.33. The molecule has 1 N–H and O–H groups in total. The third-order valence-electron chi connectivity index (χ3n) is 5.40. The summed E-state index contributed by atoms with van der Waals surface area (Å²) in [6, 6.07) is 16.4. The quantitative estimate of drug-likeness (QED) is 0.691. The Bertz CT molecular complexity index is 1100. The van der Waals surface area contributed by atoms with Crippen molar-refractivity contribution in [2.45, 2.75) is 43.9 Å². The number of amides is 1. The van der Waals surface area contributed by atoms with E-state index in [1.54, 1.807) is 12.1 Å². The van der Waals surface area contributed by atoms with Gasteiger partial charge in [-0.15, -0.1) is 5.06 Å². The Morgan fingerprint density at radius 2 is 1.68 bits per heavy atom. The summed E-state index contributed by atoms with van der Waals surface area (Å²) in [6.07, 6.45) is -3.73. The zero-order valence-electron chi connectivity index (χ0n) is 18.0. The molecular formula is C24H21F3N4O3. The number of hydrogen-bond donors (Lipinski definition) is 1. The van der Waals surface area contributed by atoms with E-state index in [1.165, 1.54) is 0 Å². The number of alkyl halides is 3. The first kappa shape index (κ1) is 24.7. The minimum absolute atomic E-state index is 0.00602. The highest BCUT2D eigenvalue weighted by Crippen LogP contribution is 2.23. The van der Waals surface area contributed by atoms with Gasteiger partial charge in [-0.25, -0.2) is 4.79 Å². The fourth-order valence-electron chi connectivity index (χ4n) is 3.64. The van der Waals surface area contributed by atoms with Gasteiger partial charge in [0.2, 0.25) is 5.91 Å². The monoisotopic (exact) mass is 470 g/mol. The molecule has 0 aromatic heterocycles. The molecule has 10 heteroatoms. The predicted molar refractivity (Wildman–Crippen MR) is 114 cm³/mol. The SMILES string of the molecule is N#Cc1ccc(-c2ccc(C[C@@H](C#N)NC(=O)[C@@H]3CCCCN3OC(=O)C(F)(F)F)cc2)cc1. The molecule has 1 amide bonds. The summed E-state index contributed by atoms with van der Waals surface area (Å²) in [6.45, 7) is -0.00602. The van der Waals surface area contributed by atoms with Crippen LogP contribution in [0.5, 0.6) is 0 Å². The topological polar surface area (TPSA) is 106 Å². The van der Waals surface area contributed by atoms with Crippen LogP contribution in [0.2, 0.25) is 0 Å². The van der Waals surface area contributed by atoms with Crippen molar-refractivity contribution in [1.82, 2.24) is 10.4 Å². The van der Waals surface area contributed by atoms with Crippen molar-refractivity contribution in [3.05, 3.63) is 59.7 Å². The van der Waals surface area contributed by atoms with E-state index in [0.29, 0.717) is 18.4 Å². The summed E-state index contributed by atoms with van der Waals surface area (Å²) >= 11 is 0. The molecule has 7 nitrogen and oxygen atoms in total. The van der Waals surface area contributed by atoms with Gasteiger partial charge in [0, 0.05) is 13.0 Å². The van der Waals surface area contributed by atoms with E-state index < -0.39 is 30.1 Å². The number of carbonyl (C=O) groups is 2. The molecule has 34 heavy (non-hydrogen) atoms. The molecule has 3 rings (SSSR count). The third kappa shape index (κ3) is 6.33. The van der Waals surface area contributed by atoms with Crippen LogP contribution in [0.4, 0.5) is 13.2 Å². The van der Waals surface area contributed by atoms with E-state index in [0.717, 1.165) is 21.8 Å². The molecule has 1 heterocycles. The molecule has 0 unspecified atom stereocenters. The molecule has 0 spiro atoms. The molecule has 1 fully saturated rings. The number of halogens is 3. The smallest absolute Gasteiger partial charge is 0.360 e. The first-order valence-electron chi connectivity index (χ1n) is 10.6. The molecule has 1 saturated heterocycles. The number of hydrogen-bond acceptors (Lipinski definition) is 6. The van der Waals surface area contributed by atoms with Gasteiger partial charge in [-0.3, -0.25) is 4.79 Å². The van der Waals surface area contributed by atoms with Crippen LogP contribution in [0.1, 0.15) is 30.4 Å². The molecule has 2 atom stereocenters. The molecule has 1 aliphatic heterocycles. The molecule has 0 saturated carbocycles. The number of carbonyl (C=O) groups excluding carboxylic acids is 2. The molecule has 1 aliphatic rings. The second kappa shape index (κ2) is 10.8. The minimum Gasteiger partial charge on any atom is -0.360 e. The Labute approximate surface area is 194 Å². The summed E-state index contributed by atoms with van der Waals surface area (Å²) in [5, 5.41) is 21.7. The van der Waals surface area contributed by atoms with Gasteiger partial charge in [-0.1, -0.05) is 36.4 Å². The van der Waals surface area contributed by atoms with Gasteiger partial charge in [-0.2, -0.15) is 23.7 Å². The first-order valence-corrected chi connectivity index (χ1v) is 10.6. The lowest BCUT2D eigenvalue weighted by atomic mass is 9.99. The van der Waals surface area contributed by atoms with E-state index in [4.69, 9.17) is 5.26 Å². The van der Waals surface area contributed by atoms with Gasteiger partial charge >= 0.3 is 12.1 Å². The Balaban J connectivity index is 1.62. The number of rotatable bonds is 6. The summed E-state index contributed by atoms with van der Waals surface area (Å²) in [7, 11) is 0. The lowest BCUT2D eigenvalue weighted by Crippen LogP contribution is -2.53. The first-order chi connectivity index (χ1) is 16.2. The van der Waals surface area contributed by atoms with Gasteiger partial charge in [0.25, 0.3) is 0 Å². The van der Waals surface area contributed by atoms with Crippen molar-refractivity contribution in [1.29, 1.82) is 10.5 Å². The maximum atomic E-state index is 12.7.